The standard InChI is InChI=1S/C17H24N2O2Si/c1-13(20)17-15(11-8-12-16(17)21)18-19(22(2,3)4)14-9-6-5-7-10-14/h5-7,9-10,17H,8,11-12H2,1-4H3/b18-15+. The average Bonchev–Trinajstić information content (AvgIpc) is 2.44. The molecule has 1 saturated carbocycles. The molecule has 1 atom stereocenters. The number of ketones is 2. The fourth-order valence-corrected chi connectivity index (χ4v) is 4.13. The van der Waals surface area contributed by atoms with Crippen LogP contribution in [-0.4, -0.2) is 25.5 Å². The highest BCUT2D eigenvalue weighted by Crippen LogP contribution is 2.26. The summed E-state index contributed by atoms with van der Waals surface area (Å²) in [6.07, 6.45) is 2.00. The number of carbonyl (C=O) groups is 2. The molecule has 1 aliphatic carbocycles. The minimum Gasteiger partial charge on any atom is -0.299 e. The molecule has 0 amide bonds. The van der Waals surface area contributed by atoms with Crippen LogP contribution in [0.1, 0.15) is 26.2 Å². The zero-order valence-corrected chi connectivity index (χ0v) is 14.8. The van der Waals surface area contributed by atoms with Gasteiger partial charge >= 0.3 is 0 Å². The van der Waals surface area contributed by atoms with Gasteiger partial charge in [0.1, 0.15) is 17.5 Å². The maximum atomic E-state index is 12.1. The number of hydrogen-bond donors (Lipinski definition) is 0. The zero-order valence-electron chi connectivity index (χ0n) is 13.8. The molecule has 0 N–H and O–H groups in total. The summed E-state index contributed by atoms with van der Waals surface area (Å²) in [6, 6.07) is 9.99. The molecule has 4 nitrogen and oxygen atoms in total. The van der Waals surface area contributed by atoms with Gasteiger partial charge in [-0.1, -0.05) is 18.2 Å². The van der Waals surface area contributed by atoms with Crippen molar-refractivity contribution in [2.45, 2.75) is 45.8 Å². The Kier molecular flexibility index (Phi) is 4.96. The Hall–Kier alpha value is -1.75. The van der Waals surface area contributed by atoms with Gasteiger partial charge in [0, 0.05) is 12.1 Å². The van der Waals surface area contributed by atoms with Gasteiger partial charge < -0.3 is 0 Å². The molecule has 118 valence electrons. The van der Waals surface area contributed by atoms with Crippen molar-refractivity contribution >= 4 is 31.2 Å². The molecule has 0 radical (unpaired) electrons. The van der Waals surface area contributed by atoms with Gasteiger partial charge in [-0.3, -0.25) is 14.3 Å². The first-order chi connectivity index (χ1) is 10.3. The summed E-state index contributed by atoms with van der Waals surface area (Å²) in [6.45, 7) is 8.11. The van der Waals surface area contributed by atoms with Crippen molar-refractivity contribution in [3.8, 4) is 0 Å². The maximum absolute atomic E-state index is 12.1. The van der Waals surface area contributed by atoms with Crippen LogP contribution in [0.25, 0.3) is 0 Å². The molecular formula is C17H24N2O2Si. The molecular weight excluding hydrogens is 292 g/mol. The number of para-hydroxylation sites is 1. The third-order valence-corrected chi connectivity index (χ3v) is 5.41. The lowest BCUT2D eigenvalue weighted by atomic mass is 9.84. The first-order valence-electron chi connectivity index (χ1n) is 7.76. The topological polar surface area (TPSA) is 49.7 Å². The van der Waals surface area contributed by atoms with E-state index in [-0.39, 0.29) is 11.6 Å². The van der Waals surface area contributed by atoms with Crippen LogP contribution in [-0.2, 0) is 9.59 Å². The van der Waals surface area contributed by atoms with E-state index in [0.29, 0.717) is 6.42 Å². The van der Waals surface area contributed by atoms with Crippen LogP contribution in [0.2, 0.25) is 19.6 Å². The second-order valence-electron chi connectivity index (χ2n) is 6.77. The van der Waals surface area contributed by atoms with Crippen LogP contribution in [0.15, 0.2) is 35.4 Å². The van der Waals surface area contributed by atoms with E-state index in [0.717, 1.165) is 24.2 Å². The number of carbonyl (C=O) groups excluding carboxylic acids is 2. The fourth-order valence-electron chi connectivity index (χ4n) is 2.78. The molecule has 5 heteroatoms. The van der Waals surface area contributed by atoms with E-state index in [1.165, 1.54) is 6.92 Å². The van der Waals surface area contributed by atoms with E-state index < -0.39 is 14.2 Å². The van der Waals surface area contributed by atoms with Crippen LogP contribution in [0.5, 0.6) is 0 Å². The molecule has 1 fully saturated rings. The summed E-state index contributed by atoms with van der Waals surface area (Å²) < 4.78 is 2.05. The van der Waals surface area contributed by atoms with Gasteiger partial charge in [0.15, 0.2) is 8.24 Å². The van der Waals surface area contributed by atoms with Gasteiger partial charge in [-0.05, 0) is 51.5 Å². The molecule has 0 aromatic heterocycles. The number of rotatable bonds is 4. The van der Waals surface area contributed by atoms with Gasteiger partial charge in [-0.15, -0.1) is 0 Å². The Morgan fingerprint density at radius 3 is 2.36 bits per heavy atom. The third-order valence-electron chi connectivity index (χ3n) is 3.78. The van der Waals surface area contributed by atoms with Crippen molar-refractivity contribution in [1.82, 2.24) is 0 Å². The van der Waals surface area contributed by atoms with Gasteiger partial charge in [0.05, 0.1) is 5.71 Å². The van der Waals surface area contributed by atoms with Crippen LogP contribution in [0.4, 0.5) is 5.69 Å². The number of hydrazone groups is 1. The molecule has 0 bridgehead atoms. The molecule has 0 spiro atoms. The molecule has 22 heavy (non-hydrogen) atoms. The predicted octanol–water partition coefficient (Wildman–Crippen LogP) is 3.64. The second-order valence-corrected chi connectivity index (χ2v) is 11.5. The van der Waals surface area contributed by atoms with Crippen molar-refractivity contribution in [1.29, 1.82) is 0 Å². The Bertz CT molecular complexity index is 590. The van der Waals surface area contributed by atoms with E-state index in [2.05, 4.69) is 24.3 Å². The summed E-state index contributed by atoms with van der Waals surface area (Å²) in [4.78, 5) is 24.0. The fraction of sp³-hybridized carbons (Fsp3) is 0.471. The van der Waals surface area contributed by atoms with E-state index in [1.54, 1.807) is 0 Å². The van der Waals surface area contributed by atoms with Crippen molar-refractivity contribution in [2.24, 2.45) is 11.0 Å². The molecule has 0 saturated heterocycles. The van der Waals surface area contributed by atoms with Gasteiger partial charge in [0.2, 0.25) is 0 Å². The SMILES string of the molecule is CC(=O)C1C(=O)CCC/C1=N\N(c1ccccc1)[Si](C)(C)C. The number of Topliss-reactive ketones (excluding diaryl/α,β-unsaturated/α-hetero) is 2. The molecule has 1 aromatic carbocycles. The second kappa shape index (κ2) is 6.56. The largest absolute Gasteiger partial charge is 0.299 e. The first-order valence-corrected chi connectivity index (χ1v) is 11.2. The lowest BCUT2D eigenvalue weighted by Crippen LogP contribution is -2.45. The number of nitrogens with zero attached hydrogens (tertiary/aromatic N) is 2. The quantitative estimate of drug-likeness (QED) is 0.484. The van der Waals surface area contributed by atoms with Gasteiger partial charge in [0.25, 0.3) is 0 Å². The van der Waals surface area contributed by atoms with Crippen LogP contribution >= 0.6 is 0 Å². The first kappa shape index (κ1) is 16.6. The highest BCUT2D eigenvalue weighted by molar-refractivity contribution is 6.79. The molecule has 1 aromatic rings. The number of benzene rings is 1. The molecule has 2 rings (SSSR count). The highest BCUT2D eigenvalue weighted by atomic mass is 28.3. The Morgan fingerprint density at radius 2 is 1.82 bits per heavy atom. The Balaban J connectivity index is 2.44. The monoisotopic (exact) mass is 316 g/mol. The zero-order chi connectivity index (χ0) is 16.3. The average molecular weight is 316 g/mol. The van der Waals surface area contributed by atoms with Crippen molar-refractivity contribution < 1.29 is 9.59 Å². The van der Waals surface area contributed by atoms with Crippen molar-refractivity contribution in [2.75, 3.05) is 4.67 Å². The third kappa shape index (κ3) is 3.71. The lowest BCUT2D eigenvalue weighted by molar-refractivity contribution is -0.129. The van der Waals surface area contributed by atoms with E-state index >= 15 is 0 Å². The van der Waals surface area contributed by atoms with E-state index in [9.17, 15) is 9.59 Å². The van der Waals surface area contributed by atoms with Crippen LogP contribution in [0.3, 0.4) is 0 Å². The lowest BCUT2D eigenvalue weighted by Gasteiger charge is -2.34. The smallest absolute Gasteiger partial charge is 0.176 e. The molecule has 1 aliphatic rings. The summed E-state index contributed by atoms with van der Waals surface area (Å²) in [5, 5.41) is 4.80. The van der Waals surface area contributed by atoms with Crippen molar-refractivity contribution in [3.05, 3.63) is 30.3 Å². The van der Waals surface area contributed by atoms with E-state index in [1.807, 2.05) is 30.3 Å². The normalized spacial score (nSPS) is 21.0. The van der Waals surface area contributed by atoms with Gasteiger partial charge in [-0.2, -0.15) is 5.10 Å². The number of hydrogen-bond acceptors (Lipinski definition) is 4. The summed E-state index contributed by atoms with van der Waals surface area (Å²) in [5.41, 5.74) is 1.75. The van der Waals surface area contributed by atoms with Crippen LogP contribution in [0, 0.1) is 5.92 Å². The molecule has 0 aliphatic heterocycles. The summed E-state index contributed by atoms with van der Waals surface area (Å²) >= 11 is 0. The van der Waals surface area contributed by atoms with Crippen LogP contribution < -0.4 is 4.67 Å². The molecule has 0 heterocycles. The maximum Gasteiger partial charge on any atom is 0.176 e. The predicted molar refractivity (Wildman–Crippen MR) is 92.7 cm³/mol. The minimum absolute atomic E-state index is 0.0149. The summed E-state index contributed by atoms with van der Waals surface area (Å²) in [7, 11) is -1.77. The van der Waals surface area contributed by atoms with E-state index in [4.69, 9.17) is 5.10 Å². The highest BCUT2D eigenvalue weighted by Gasteiger charge is 2.34. The Morgan fingerprint density at radius 1 is 1.18 bits per heavy atom. The number of anilines is 1. The minimum atomic E-state index is -1.77. The summed E-state index contributed by atoms with van der Waals surface area (Å²) in [5.74, 6) is -0.718. The molecule has 1 unspecified atom stereocenters. The van der Waals surface area contributed by atoms with Crippen molar-refractivity contribution in [3.63, 3.8) is 0 Å². The Labute approximate surface area is 133 Å². The van der Waals surface area contributed by atoms with Gasteiger partial charge in [-0.25, -0.2) is 0 Å².